The van der Waals surface area contributed by atoms with E-state index < -0.39 is 10.0 Å². The Hall–Kier alpha value is -2.12. The van der Waals surface area contributed by atoms with Gasteiger partial charge in [-0.05, 0) is 37.0 Å². The molecule has 2 aromatic rings. The number of nitrogens with one attached hydrogen (secondary N) is 2. The van der Waals surface area contributed by atoms with Crippen molar-refractivity contribution < 1.29 is 13.2 Å². The molecule has 6 nitrogen and oxygen atoms in total. The summed E-state index contributed by atoms with van der Waals surface area (Å²) in [4.78, 5) is 4.17. The number of benzene rings is 1. The predicted molar refractivity (Wildman–Crippen MR) is 99.3 cm³/mol. The van der Waals surface area contributed by atoms with Gasteiger partial charge < -0.3 is 10.1 Å². The molecule has 2 heterocycles. The second-order valence-electron chi connectivity index (χ2n) is 6.10. The van der Waals surface area contributed by atoms with Gasteiger partial charge in [0.1, 0.15) is 5.82 Å². The average Bonchev–Trinajstić information content (AvgIpc) is 3.14. The van der Waals surface area contributed by atoms with Crippen LogP contribution < -0.4 is 10.0 Å². The van der Waals surface area contributed by atoms with Gasteiger partial charge in [-0.1, -0.05) is 30.3 Å². The summed E-state index contributed by atoms with van der Waals surface area (Å²) in [6.45, 7) is 1.57. The molecule has 2 N–H and O–H groups in total. The first-order valence-corrected chi connectivity index (χ1v) is 10.1. The standard InChI is InChI=1S/C18H23N3O3S/c22-25(23,12-10-15-5-2-1-3-6-15)21-18-9-8-16(13-20-18)19-14-17-7-4-11-24-17/h1-3,5-6,8-9,13,17,19H,4,7,10-12,14H2,(H,20,21). The van der Waals surface area contributed by atoms with Gasteiger partial charge >= 0.3 is 0 Å². The van der Waals surface area contributed by atoms with Crippen LogP contribution in [0.25, 0.3) is 0 Å². The van der Waals surface area contributed by atoms with E-state index in [1.54, 1.807) is 12.3 Å². The molecule has 1 fully saturated rings. The lowest BCUT2D eigenvalue weighted by Crippen LogP contribution is -2.20. The van der Waals surface area contributed by atoms with E-state index in [1.807, 2.05) is 36.4 Å². The number of nitrogens with zero attached hydrogens (tertiary/aromatic N) is 1. The van der Waals surface area contributed by atoms with E-state index in [2.05, 4.69) is 15.0 Å². The molecule has 1 aromatic heterocycles. The maximum absolute atomic E-state index is 12.2. The zero-order valence-electron chi connectivity index (χ0n) is 14.0. The molecule has 1 aliphatic heterocycles. The van der Waals surface area contributed by atoms with E-state index in [9.17, 15) is 8.42 Å². The summed E-state index contributed by atoms with van der Waals surface area (Å²) in [5.74, 6) is 0.355. The largest absolute Gasteiger partial charge is 0.381 e. The SMILES string of the molecule is O=S(=O)(CCc1ccccc1)Nc1ccc(NCC2CCCO2)cn1. The smallest absolute Gasteiger partial charge is 0.234 e. The van der Waals surface area contributed by atoms with Gasteiger partial charge in [0, 0.05) is 13.2 Å². The van der Waals surface area contributed by atoms with E-state index >= 15 is 0 Å². The maximum atomic E-state index is 12.2. The molecule has 0 aliphatic carbocycles. The molecule has 0 spiro atoms. The Morgan fingerprint density at radius 3 is 2.68 bits per heavy atom. The van der Waals surface area contributed by atoms with Crippen molar-refractivity contribution in [3.05, 3.63) is 54.2 Å². The molecule has 1 atom stereocenters. The number of pyridine rings is 1. The van der Waals surface area contributed by atoms with E-state index in [0.717, 1.165) is 37.2 Å². The van der Waals surface area contributed by atoms with E-state index in [4.69, 9.17) is 4.74 Å². The first-order chi connectivity index (χ1) is 12.1. The van der Waals surface area contributed by atoms with Gasteiger partial charge in [0.05, 0.1) is 23.7 Å². The van der Waals surface area contributed by atoms with E-state index in [0.29, 0.717) is 12.2 Å². The van der Waals surface area contributed by atoms with Crippen LogP contribution in [0, 0.1) is 0 Å². The third kappa shape index (κ3) is 5.72. The van der Waals surface area contributed by atoms with E-state index in [-0.39, 0.29) is 11.9 Å². The minimum absolute atomic E-state index is 0.0255. The van der Waals surface area contributed by atoms with Gasteiger partial charge in [-0.15, -0.1) is 0 Å². The lowest BCUT2D eigenvalue weighted by Gasteiger charge is -2.12. The molecule has 134 valence electrons. The first kappa shape index (κ1) is 17.7. The molecule has 0 saturated carbocycles. The number of aryl methyl sites for hydroxylation is 1. The third-order valence-electron chi connectivity index (χ3n) is 4.08. The van der Waals surface area contributed by atoms with Gasteiger partial charge in [-0.25, -0.2) is 13.4 Å². The number of aromatic nitrogens is 1. The van der Waals surface area contributed by atoms with Crippen LogP contribution in [0.4, 0.5) is 11.5 Å². The van der Waals surface area contributed by atoms with Crippen LogP contribution >= 0.6 is 0 Å². The van der Waals surface area contributed by atoms with Crippen LogP contribution in [0.3, 0.4) is 0 Å². The number of rotatable bonds is 8. The average molecular weight is 361 g/mol. The van der Waals surface area contributed by atoms with Gasteiger partial charge in [0.15, 0.2) is 0 Å². The molecule has 0 bridgehead atoms. The summed E-state index contributed by atoms with van der Waals surface area (Å²) in [7, 11) is -3.42. The Balaban J connectivity index is 1.49. The second-order valence-corrected chi connectivity index (χ2v) is 7.95. The minimum Gasteiger partial charge on any atom is -0.381 e. The van der Waals surface area contributed by atoms with Crippen molar-refractivity contribution in [1.29, 1.82) is 0 Å². The summed E-state index contributed by atoms with van der Waals surface area (Å²) in [6, 6.07) is 13.0. The summed E-state index contributed by atoms with van der Waals surface area (Å²) in [6.07, 6.45) is 4.52. The zero-order valence-corrected chi connectivity index (χ0v) is 14.8. The highest BCUT2D eigenvalue weighted by Crippen LogP contribution is 2.15. The molecule has 0 amide bonds. The van der Waals surface area contributed by atoms with Crippen LogP contribution in [0.1, 0.15) is 18.4 Å². The fourth-order valence-electron chi connectivity index (χ4n) is 2.70. The van der Waals surface area contributed by atoms with Crippen LogP contribution in [0.15, 0.2) is 48.7 Å². The Labute approximate surface area is 148 Å². The van der Waals surface area contributed by atoms with Gasteiger partial charge in [-0.2, -0.15) is 0 Å². The lowest BCUT2D eigenvalue weighted by atomic mass is 10.2. The topological polar surface area (TPSA) is 80.3 Å². The number of sulfonamides is 1. The molecule has 3 rings (SSSR count). The van der Waals surface area contributed by atoms with Gasteiger partial charge in [-0.3, -0.25) is 4.72 Å². The number of ether oxygens (including phenoxy) is 1. The van der Waals surface area contributed by atoms with Crippen LogP contribution in [-0.2, 0) is 21.2 Å². The Kier molecular flexibility index (Phi) is 5.88. The third-order valence-corrected chi connectivity index (χ3v) is 5.35. The van der Waals surface area contributed by atoms with Crippen molar-refractivity contribution in [3.8, 4) is 0 Å². The first-order valence-electron chi connectivity index (χ1n) is 8.47. The number of hydrogen-bond acceptors (Lipinski definition) is 5. The van der Waals surface area contributed by atoms with Crippen molar-refractivity contribution in [3.63, 3.8) is 0 Å². The number of anilines is 2. The molecule has 0 radical (unpaired) electrons. The summed E-state index contributed by atoms with van der Waals surface area (Å²) in [5, 5.41) is 3.26. The predicted octanol–water partition coefficient (Wildman–Crippen LogP) is 2.66. The Bertz CT molecular complexity index is 758. The van der Waals surface area contributed by atoms with Crippen LogP contribution in [-0.4, -0.2) is 38.4 Å². The summed E-state index contributed by atoms with van der Waals surface area (Å²) < 4.78 is 32.4. The fourth-order valence-corrected chi connectivity index (χ4v) is 3.75. The van der Waals surface area contributed by atoms with Gasteiger partial charge in [0.2, 0.25) is 10.0 Å². The van der Waals surface area contributed by atoms with Crippen molar-refractivity contribution >= 4 is 21.5 Å². The van der Waals surface area contributed by atoms with Gasteiger partial charge in [0.25, 0.3) is 0 Å². The minimum atomic E-state index is -3.42. The monoisotopic (exact) mass is 361 g/mol. The Morgan fingerprint density at radius 2 is 2.00 bits per heavy atom. The van der Waals surface area contributed by atoms with Crippen LogP contribution in [0.5, 0.6) is 0 Å². The Morgan fingerprint density at radius 1 is 1.16 bits per heavy atom. The van der Waals surface area contributed by atoms with Crippen LogP contribution in [0.2, 0.25) is 0 Å². The van der Waals surface area contributed by atoms with Crippen molar-refractivity contribution in [2.45, 2.75) is 25.4 Å². The zero-order chi connectivity index (χ0) is 17.5. The lowest BCUT2D eigenvalue weighted by molar-refractivity contribution is 0.120. The van der Waals surface area contributed by atoms with E-state index in [1.165, 1.54) is 0 Å². The molecular weight excluding hydrogens is 338 g/mol. The van der Waals surface area contributed by atoms with Crippen molar-refractivity contribution in [2.24, 2.45) is 0 Å². The number of hydrogen-bond donors (Lipinski definition) is 2. The molecule has 1 saturated heterocycles. The second kappa shape index (κ2) is 8.31. The highest BCUT2D eigenvalue weighted by atomic mass is 32.2. The molecule has 7 heteroatoms. The summed E-state index contributed by atoms with van der Waals surface area (Å²) >= 11 is 0. The summed E-state index contributed by atoms with van der Waals surface area (Å²) in [5.41, 5.74) is 1.84. The maximum Gasteiger partial charge on any atom is 0.234 e. The molecule has 1 aliphatic rings. The fraction of sp³-hybridized carbons (Fsp3) is 0.389. The van der Waals surface area contributed by atoms with Crippen molar-refractivity contribution in [1.82, 2.24) is 4.98 Å². The normalized spacial score (nSPS) is 17.4. The molecule has 25 heavy (non-hydrogen) atoms. The quantitative estimate of drug-likeness (QED) is 0.756. The van der Waals surface area contributed by atoms with Crippen molar-refractivity contribution in [2.75, 3.05) is 28.9 Å². The molecule has 1 aromatic carbocycles. The highest BCUT2D eigenvalue weighted by molar-refractivity contribution is 7.92. The molecule has 1 unspecified atom stereocenters. The molecular formula is C18H23N3O3S. The highest BCUT2D eigenvalue weighted by Gasteiger charge is 2.15.